The number of aliphatic hydroxyl groups excluding tert-OH is 1. The Kier molecular flexibility index (Phi) is 6.35. The standard InChI is InChI=1S/C24H29N3O3/c1-25-10-12-30-19-5-3-18(4-6-19)22-14-24(27-11-9-17(15-27)16-28)21-8-7-20(29-2)13-23(21)26-22/h3-8,13-14,17,25,28H,9-12,15-16H2,1-2H3. The molecule has 6 nitrogen and oxygen atoms in total. The number of hydrogen-bond donors (Lipinski definition) is 2. The SMILES string of the molecule is CNCCOc1ccc(-c2cc(N3CCC(CO)C3)c3ccc(OC)cc3n2)cc1. The number of benzene rings is 2. The Morgan fingerprint density at radius 2 is 1.93 bits per heavy atom. The van der Waals surface area contributed by atoms with Gasteiger partial charge in [-0.05, 0) is 55.9 Å². The van der Waals surface area contributed by atoms with Crippen molar-refractivity contribution in [2.45, 2.75) is 6.42 Å². The summed E-state index contributed by atoms with van der Waals surface area (Å²) in [7, 11) is 3.58. The van der Waals surface area contributed by atoms with Crippen molar-refractivity contribution in [3.05, 3.63) is 48.5 Å². The van der Waals surface area contributed by atoms with E-state index >= 15 is 0 Å². The fourth-order valence-electron chi connectivity index (χ4n) is 3.92. The zero-order chi connectivity index (χ0) is 20.9. The monoisotopic (exact) mass is 407 g/mol. The number of nitrogens with one attached hydrogen (secondary N) is 1. The molecule has 0 bridgehead atoms. The summed E-state index contributed by atoms with van der Waals surface area (Å²) in [5, 5.41) is 13.8. The smallest absolute Gasteiger partial charge is 0.121 e. The molecule has 1 aliphatic rings. The maximum absolute atomic E-state index is 9.58. The molecule has 1 fully saturated rings. The van der Waals surface area contributed by atoms with Crippen molar-refractivity contribution >= 4 is 16.6 Å². The molecule has 1 atom stereocenters. The molecular weight excluding hydrogens is 378 g/mol. The molecule has 0 amide bonds. The molecule has 4 rings (SSSR count). The van der Waals surface area contributed by atoms with Crippen LogP contribution >= 0.6 is 0 Å². The molecule has 1 unspecified atom stereocenters. The van der Waals surface area contributed by atoms with Crippen LogP contribution in [0.15, 0.2) is 48.5 Å². The minimum Gasteiger partial charge on any atom is -0.497 e. The highest BCUT2D eigenvalue weighted by Gasteiger charge is 2.24. The molecule has 0 spiro atoms. The van der Waals surface area contributed by atoms with Crippen LogP contribution in [0.3, 0.4) is 0 Å². The van der Waals surface area contributed by atoms with Crippen LogP contribution in [0.1, 0.15) is 6.42 Å². The first-order valence-corrected chi connectivity index (χ1v) is 10.4. The number of aromatic nitrogens is 1. The van der Waals surface area contributed by atoms with Crippen LogP contribution in [0.4, 0.5) is 5.69 Å². The molecular formula is C24H29N3O3. The molecule has 1 aliphatic heterocycles. The molecule has 0 aliphatic carbocycles. The highest BCUT2D eigenvalue weighted by molar-refractivity contribution is 5.95. The van der Waals surface area contributed by atoms with E-state index in [1.54, 1.807) is 7.11 Å². The number of anilines is 1. The largest absolute Gasteiger partial charge is 0.497 e. The number of methoxy groups -OCH3 is 1. The summed E-state index contributed by atoms with van der Waals surface area (Å²) < 4.78 is 11.2. The van der Waals surface area contributed by atoms with Gasteiger partial charge in [-0.25, -0.2) is 4.98 Å². The van der Waals surface area contributed by atoms with Gasteiger partial charge in [0.2, 0.25) is 0 Å². The lowest BCUT2D eigenvalue weighted by Gasteiger charge is -2.22. The molecule has 0 saturated carbocycles. The lowest BCUT2D eigenvalue weighted by Crippen LogP contribution is -2.21. The second kappa shape index (κ2) is 9.32. The Morgan fingerprint density at radius 1 is 1.13 bits per heavy atom. The second-order valence-corrected chi connectivity index (χ2v) is 7.67. The Bertz CT molecular complexity index is 991. The Morgan fingerprint density at radius 3 is 2.63 bits per heavy atom. The van der Waals surface area contributed by atoms with Crippen LogP contribution in [0, 0.1) is 5.92 Å². The number of hydrogen-bond acceptors (Lipinski definition) is 6. The summed E-state index contributed by atoms with van der Waals surface area (Å²) in [6, 6.07) is 16.3. The van der Waals surface area contributed by atoms with Gasteiger partial charge < -0.3 is 24.8 Å². The number of nitrogens with zero attached hydrogens (tertiary/aromatic N) is 2. The van der Waals surface area contributed by atoms with Crippen molar-refractivity contribution < 1.29 is 14.6 Å². The van der Waals surface area contributed by atoms with Crippen molar-refractivity contribution in [2.75, 3.05) is 51.9 Å². The number of rotatable bonds is 8. The zero-order valence-electron chi connectivity index (χ0n) is 17.6. The molecule has 1 aromatic heterocycles. The maximum Gasteiger partial charge on any atom is 0.121 e. The fraction of sp³-hybridized carbons (Fsp3) is 0.375. The van der Waals surface area contributed by atoms with Gasteiger partial charge in [-0.3, -0.25) is 0 Å². The van der Waals surface area contributed by atoms with Crippen LogP contribution in [-0.2, 0) is 0 Å². The zero-order valence-corrected chi connectivity index (χ0v) is 17.6. The van der Waals surface area contributed by atoms with Crippen LogP contribution in [0.25, 0.3) is 22.2 Å². The van der Waals surface area contributed by atoms with Crippen LogP contribution in [0.2, 0.25) is 0 Å². The number of pyridine rings is 1. The average molecular weight is 408 g/mol. The van der Waals surface area contributed by atoms with Gasteiger partial charge in [0.25, 0.3) is 0 Å². The molecule has 0 radical (unpaired) electrons. The molecule has 2 N–H and O–H groups in total. The number of ether oxygens (including phenoxy) is 2. The number of likely N-dealkylation sites (N-methyl/N-ethyl adjacent to an activating group) is 1. The van der Waals surface area contributed by atoms with Crippen LogP contribution < -0.4 is 19.7 Å². The van der Waals surface area contributed by atoms with E-state index in [2.05, 4.69) is 22.3 Å². The van der Waals surface area contributed by atoms with Crippen molar-refractivity contribution in [1.29, 1.82) is 0 Å². The van der Waals surface area contributed by atoms with E-state index in [0.717, 1.165) is 65.4 Å². The number of aliphatic hydroxyl groups is 1. The highest BCUT2D eigenvalue weighted by atomic mass is 16.5. The van der Waals surface area contributed by atoms with E-state index in [9.17, 15) is 5.11 Å². The minimum absolute atomic E-state index is 0.231. The van der Waals surface area contributed by atoms with Crippen LogP contribution in [0.5, 0.6) is 11.5 Å². The first-order valence-electron chi connectivity index (χ1n) is 10.4. The minimum atomic E-state index is 0.231. The van der Waals surface area contributed by atoms with Crippen molar-refractivity contribution in [3.63, 3.8) is 0 Å². The van der Waals surface area contributed by atoms with E-state index in [4.69, 9.17) is 14.5 Å². The van der Waals surface area contributed by atoms with Gasteiger partial charge in [0.15, 0.2) is 0 Å². The predicted octanol–water partition coefficient (Wildman–Crippen LogP) is 3.33. The average Bonchev–Trinajstić information content (AvgIpc) is 3.28. The molecule has 6 heteroatoms. The van der Waals surface area contributed by atoms with Crippen LogP contribution in [-0.4, -0.2) is 57.1 Å². The Labute approximate surface area is 177 Å². The molecule has 2 heterocycles. The third-order valence-corrected chi connectivity index (χ3v) is 5.65. The molecule has 30 heavy (non-hydrogen) atoms. The van der Waals surface area contributed by atoms with Gasteiger partial charge in [-0.15, -0.1) is 0 Å². The van der Waals surface area contributed by atoms with E-state index in [0.29, 0.717) is 12.5 Å². The third kappa shape index (κ3) is 4.35. The van der Waals surface area contributed by atoms with Gasteiger partial charge in [0, 0.05) is 54.9 Å². The first kappa shape index (κ1) is 20.4. The summed E-state index contributed by atoms with van der Waals surface area (Å²) >= 11 is 0. The Balaban J connectivity index is 1.70. The molecule has 158 valence electrons. The topological polar surface area (TPSA) is 66.9 Å². The lowest BCUT2D eigenvalue weighted by molar-refractivity contribution is 0.238. The Hall–Kier alpha value is -2.83. The summed E-state index contributed by atoms with van der Waals surface area (Å²) in [4.78, 5) is 7.28. The molecule has 2 aromatic carbocycles. The predicted molar refractivity (Wildman–Crippen MR) is 121 cm³/mol. The third-order valence-electron chi connectivity index (χ3n) is 5.65. The molecule has 3 aromatic rings. The van der Waals surface area contributed by atoms with Gasteiger partial charge >= 0.3 is 0 Å². The quantitative estimate of drug-likeness (QED) is 0.559. The van der Waals surface area contributed by atoms with Crippen molar-refractivity contribution in [2.24, 2.45) is 5.92 Å². The van der Waals surface area contributed by atoms with Crippen molar-refractivity contribution in [3.8, 4) is 22.8 Å². The van der Waals surface area contributed by atoms with E-state index in [1.807, 2.05) is 43.4 Å². The fourth-order valence-corrected chi connectivity index (χ4v) is 3.92. The maximum atomic E-state index is 9.58. The summed E-state index contributed by atoms with van der Waals surface area (Å²) in [6.45, 7) is 3.47. The van der Waals surface area contributed by atoms with E-state index < -0.39 is 0 Å². The normalized spacial score (nSPS) is 16.2. The summed E-state index contributed by atoms with van der Waals surface area (Å²) in [6.07, 6.45) is 1.00. The van der Waals surface area contributed by atoms with Gasteiger partial charge in [-0.1, -0.05) is 0 Å². The van der Waals surface area contributed by atoms with Gasteiger partial charge in [0.1, 0.15) is 18.1 Å². The van der Waals surface area contributed by atoms with E-state index in [1.165, 1.54) is 0 Å². The molecule has 1 saturated heterocycles. The van der Waals surface area contributed by atoms with Crippen molar-refractivity contribution in [1.82, 2.24) is 10.3 Å². The van der Waals surface area contributed by atoms with Gasteiger partial charge in [-0.2, -0.15) is 0 Å². The highest BCUT2D eigenvalue weighted by Crippen LogP contribution is 2.35. The summed E-state index contributed by atoms with van der Waals surface area (Å²) in [5.74, 6) is 1.96. The lowest BCUT2D eigenvalue weighted by atomic mass is 10.1. The van der Waals surface area contributed by atoms with E-state index in [-0.39, 0.29) is 6.61 Å². The second-order valence-electron chi connectivity index (χ2n) is 7.67. The van der Waals surface area contributed by atoms with Gasteiger partial charge in [0.05, 0.1) is 18.3 Å². The number of fused-ring (bicyclic) bond motifs is 1. The first-order chi connectivity index (χ1) is 14.7. The summed E-state index contributed by atoms with van der Waals surface area (Å²) in [5.41, 5.74) is 4.02.